The van der Waals surface area contributed by atoms with Crippen molar-refractivity contribution in [1.29, 1.82) is 0 Å². The summed E-state index contributed by atoms with van der Waals surface area (Å²) in [5.74, 6) is 0. The molecule has 28 heavy (non-hydrogen) atoms. The maximum Gasteiger partial charge on any atom is 0.294 e. The lowest BCUT2D eigenvalue weighted by molar-refractivity contribution is 0.186. The molecule has 2 unspecified atom stereocenters. The van der Waals surface area contributed by atoms with Gasteiger partial charge in [-0.15, -0.1) is 0 Å². The van der Waals surface area contributed by atoms with Crippen LogP contribution in [0, 0.1) is 5.41 Å². The Morgan fingerprint density at radius 3 is 2.46 bits per heavy atom. The lowest BCUT2D eigenvalue weighted by Gasteiger charge is -2.31. The average molecular weight is 401 g/mol. The summed E-state index contributed by atoms with van der Waals surface area (Å²) < 4.78 is 31.6. The van der Waals surface area contributed by atoms with Gasteiger partial charge in [-0.25, -0.2) is 0 Å². The van der Waals surface area contributed by atoms with Crippen molar-refractivity contribution in [1.82, 2.24) is 9.80 Å². The topological polar surface area (TPSA) is 60.9 Å². The number of hydrogen-bond donors (Lipinski definition) is 1. The van der Waals surface area contributed by atoms with Gasteiger partial charge in [-0.3, -0.25) is 9.45 Å². The molecule has 4 rings (SSSR count). The number of aryl methyl sites for hydroxylation is 1. The van der Waals surface area contributed by atoms with Crippen molar-refractivity contribution in [2.24, 2.45) is 5.41 Å². The van der Waals surface area contributed by atoms with Crippen LogP contribution in [0.1, 0.15) is 24.0 Å². The smallest absolute Gasteiger partial charge is 0.294 e. The van der Waals surface area contributed by atoms with Gasteiger partial charge in [0, 0.05) is 31.1 Å². The molecule has 0 radical (unpaired) electrons. The molecule has 2 heterocycles. The Kier molecular flexibility index (Phi) is 5.31. The van der Waals surface area contributed by atoms with Gasteiger partial charge in [-0.1, -0.05) is 42.5 Å². The lowest BCUT2D eigenvalue weighted by Crippen LogP contribution is -2.38. The first-order chi connectivity index (χ1) is 13.4. The average Bonchev–Trinajstić information content (AvgIpc) is 3.16. The van der Waals surface area contributed by atoms with Gasteiger partial charge in [0.2, 0.25) is 0 Å². The van der Waals surface area contributed by atoms with Crippen molar-refractivity contribution in [2.75, 3.05) is 26.7 Å². The summed E-state index contributed by atoms with van der Waals surface area (Å²) in [5, 5.41) is 0. The Bertz CT molecular complexity index is 915. The molecule has 2 atom stereocenters. The van der Waals surface area contributed by atoms with Crippen LogP contribution in [0.4, 0.5) is 0 Å². The number of hydrogen-bond acceptors (Lipinski definition) is 4. The molecule has 2 saturated heterocycles. The van der Waals surface area contributed by atoms with Crippen LogP contribution >= 0.6 is 0 Å². The highest BCUT2D eigenvalue weighted by Crippen LogP contribution is 2.46. The molecule has 0 aliphatic carbocycles. The maximum atomic E-state index is 11.2. The number of rotatable bonds is 6. The van der Waals surface area contributed by atoms with Crippen molar-refractivity contribution < 1.29 is 13.0 Å². The van der Waals surface area contributed by atoms with Crippen molar-refractivity contribution in [3.8, 4) is 0 Å². The molecule has 2 fully saturated rings. The first-order valence-corrected chi connectivity index (χ1v) is 11.3. The Morgan fingerprint density at radius 1 is 1.07 bits per heavy atom. The Labute approximate surface area is 167 Å². The third-order valence-electron chi connectivity index (χ3n) is 6.48. The summed E-state index contributed by atoms with van der Waals surface area (Å²) >= 11 is 0. The van der Waals surface area contributed by atoms with E-state index in [0.717, 1.165) is 44.6 Å². The fourth-order valence-corrected chi connectivity index (χ4v) is 5.55. The SMILES string of the molecule is CN1CC2N(Cc3ccccc3)CCC2(CCc2ccc(S(=O)(=O)O)cc2)C1. The van der Waals surface area contributed by atoms with Crippen molar-refractivity contribution >= 4 is 10.1 Å². The van der Waals surface area contributed by atoms with E-state index in [1.54, 1.807) is 0 Å². The molecule has 0 aromatic heterocycles. The van der Waals surface area contributed by atoms with Gasteiger partial charge in [0.25, 0.3) is 10.1 Å². The molecule has 5 nitrogen and oxygen atoms in total. The molecule has 0 saturated carbocycles. The van der Waals surface area contributed by atoms with E-state index in [4.69, 9.17) is 4.55 Å². The summed E-state index contributed by atoms with van der Waals surface area (Å²) in [5.41, 5.74) is 2.79. The fourth-order valence-electron chi connectivity index (χ4n) is 5.07. The number of likely N-dealkylation sites (tertiary alicyclic amines) is 2. The highest BCUT2D eigenvalue weighted by molar-refractivity contribution is 7.85. The van der Waals surface area contributed by atoms with Gasteiger partial charge in [-0.05, 0) is 56.1 Å². The van der Waals surface area contributed by atoms with E-state index in [-0.39, 0.29) is 4.90 Å². The van der Waals surface area contributed by atoms with Crippen LogP contribution in [0.3, 0.4) is 0 Å². The van der Waals surface area contributed by atoms with Crippen LogP contribution in [0.15, 0.2) is 59.5 Å². The normalized spacial score (nSPS) is 25.9. The van der Waals surface area contributed by atoms with Crippen LogP contribution in [-0.4, -0.2) is 55.5 Å². The first-order valence-electron chi connectivity index (χ1n) is 9.89. The van der Waals surface area contributed by atoms with Crippen LogP contribution in [0.2, 0.25) is 0 Å². The fraction of sp³-hybridized carbons (Fsp3) is 0.455. The summed E-state index contributed by atoms with van der Waals surface area (Å²) in [6.45, 7) is 4.36. The Morgan fingerprint density at radius 2 is 1.79 bits per heavy atom. The molecule has 6 heteroatoms. The molecule has 2 aromatic rings. The summed E-state index contributed by atoms with van der Waals surface area (Å²) in [6.07, 6.45) is 3.23. The maximum absolute atomic E-state index is 11.2. The Hall–Kier alpha value is -1.73. The predicted octanol–water partition coefficient (Wildman–Crippen LogP) is 3.07. The van der Waals surface area contributed by atoms with Gasteiger partial charge >= 0.3 is 0 Å². The molecule has 2 aromatic carbocycles. The zero-order valence-corrected chi connectivity index (χ0v) is 17.1. The zero-order valence-electron chi connectivity index (χ0n) is 16.3. The van der Waals surface area contributed by atoms with Crippen LogP contribution in [0.25, 0.3) is 0 Å². The van der Waals surface area contributed by atoms with Gasteiger partial charge < -0.3 is 4.90 Å². The van der Waals surface area contributed by atoms with Gasteiger partial charge in [0.15, 0.2) is 0 Å². The molecule has 0 spiro atoms. The summed E-state index contributed by atoms with van der Waals surface area (Å²) in [7, 11) is -1.91. The molecule has 150 valence electrons. The molecular weight excluding hydrogens is 372 g/mol. The summed E-state index contributed by atoms with van der Waals surface area (Å²) in [6, 6.07) is 17.9. The van der Waals surface area contributed by atoms with Crippen LogP contribution < -0.4 is 0 Å². The predicted molar refractivity (Wildman–Crippen MR) is 110 cm³/mol. The third-order valence-corrected chi connectivity index (χ3v) is 7.34. The van der Waals surface area contributed by atoms with Crippen LogP contribution in [-0.2, 0) is 23.1 Å². The minimum atomic E-state index is -4.12. The molecular formula is C22H28N2O3S. The highest BCUT2D eigenvalue weighted by Gasteiger charge is 2.51. The quantitative estimate of drug-likeness (QED) is 0.755. The molecule has 1 N–H and O–H groups in total. The van der Waals surface area contributed by atoms with E-state index < -0.39 is 10.1 Å². The number of benzene rings is 2. The van der Waals surface area contributed by atoms with Gasteiger partial charge in [0.1, 0.15) is 0 Å². The second kappa shape index (κ2) is 7.59. The first kappa shape index (κ1) is 19.6. The molecule has 0 amide bonds. The van der Waals surface area contributed by atoms with E-state index >= 15 is 0 Å². The van der Waals surface area contributed by atoms with Crippen molar-refractivity contribution in [3.05, 3.63) is 65.7 Å². The summed E-state index contributed by atoms with van der Waals surface area (Å²) in [4.78, 5) is 5.05. The van der Waals surface area contributed by atoms with E-state index in [9.17, 15) is 8.42 Å². The third kappa shape index (κ3) is 4.01. The zero-order chi connectivity index (χ0) is 19.8. The minimum absolute atomic E-state index is 0.0391. The van der Waals surface area contributed by atoms with E-state index in [2.05, 4.69) is 47.2 Å². The Balaban J connectivity index is 1.45. The molecule has 2 aliphatic heterocycles. The molecule has 2 aliphatic rings. The van der Waals surface area contributed by atoms with Crippen LogP contribution in [0.5, 0.6) is 0 Å². The van der Waals surface area contributed by atoms with E-state index in [1.807, 2.05) is 12.1 Å². The lowest BCUT2D eigenvalue weighted by atomic mass is 9.78. The van der Waals surface area contributed by atoms with E-state index in [1.165, 1.54) is 24.1 Å². The largest absolute Gasteiger partial charge is 0.304 e. The van der Waals surface area contributed by atoms with Gasteiger partial charge in [0.05, 0.1) is 4.90 Å². The molecule has 0 bridgehead atoms. The second-order valence-corrected chi connectivity index (χ2v) is 9.82. The van der Waals surface area contributed by atoms with Crippen molar-refractivity contribution in [2.45, 2.75) is 36.7 Å². The highest BCUT2D eigenvalue weighted by atomic mass is 32.2. The van der Waals surface area contributed by atoms with Gasteiger partial charge in [-0.2, -0.15) is 8.42 Å². The monoisotopic (exact) mass is 400 g/mol. The number of likely N-dealkylation sites (N-methyl/N-ethyl adjacent to an activating group) is 1. The second-order valence-electron chi connectivity index (χ2n) is 8.40. The number of fused-ring (bicyclic) bond motifs is 1. The minimum Gasteiger partial charge on any atom is -0.304 e. The van der Waals surface area contributed by atoms with Crippen molar-refractivity contribution in [3.63, 3.8) is 0 Å². The number of nitrogens with zero attached hydrogens (tertiary/aromatic N) is 2. The van der Waals surface area contributed by atoms with E-state index in [0.29, 0.717) is 11.5 Å². The standard InChI is InChI=1S/C22H28N2O3S/c1-23-16-21-22(17-23,13-14-24(21)15-19-5-3-2-4-6-19)12-11-18-7-9-20(10-8-18)28(25,26)27/h2-10,21H,11-17H2,1H3,(H,25,26,27).